The first kappa shape index (κ1) is 22.7. The highest BCUT2D eigenvalue weighted by molar-refractivity contribution is 7.91. The van der Waals surface area contributed by atoms with Crippen LogP contribution in [0.5, 0.6) is 5.75 Å². The lowest BCUT2D eigenvalue weighted by Gasteiger charge is -2.13. The maximum absolute atomic E-state index is 12.7. The number of rotatable bonds is 6. The molecule has 1 saturated heterocycles. The van der Waals surface area contributed by atoms with E-state index in [1.54, 1.807) is 18.2 Å². The van der Waals surface area contributed by atoms with Crippen molar-refractivity contribution in [1.29, 1.82) is 5.26 Å². The predicted molar refractivity (Wildman–Crippen MR) is 113 cm³/mol. The molecule has 0 bridgehead atoms. The van der Waals surface area contributed by atoms with Gasteiger partial charge in [0.1, 0.15) is 5.75 Å². The maximum atomic E-state index is 12.7. The van der Waals surface area contributed by atoms with Gasteiger partial charge in [-0.3, -0.25) is 4.79 Å². The van der Waals surface area contributed by atoms with Crippen LogP contribution in [0.2, 0.25) is 0 Å². The van der Waals surface area contributed by atoms with E-state index in [1.165, 1.54) is 31.4 Å². The Balaban J connectivity index is 0.00000300. The third-order valence-electron chi connectivity index (χ3n) is 4.50. The number of carbonyl (C=O) groups excluding carboxylic acids is 1. The Morgan fingerprint density at radius 3 is 2.76 bits per heavy atom. The van der Waals surface area contributed by atoms with E-state index in [-0.39, 0.29) is 41.4 Å². The molecule has 154 valence electrons. The Labute approximate surface area is 177 Å². The summed E-state index contributed by atoms with van der Waals surface area (Å²) in [4.78, 5) is 12.8. The van der Waals surface area contributed by atoms with Crippen molar-refractivity contribution in [1.82, 2.24) is 0 Å². The lowest BCUT2D eigenvalue weighted by atomic mass is 10.1. The fourth-order valence-corrected chi connectivity index (χ4v) is 4.69. The number of carbonyl (C=O) groups is 1. The topological polar surface area (TPSA) is 105 Å². The summed E-state index contributed by atoms with van der Waals surface area (Å²) >= 11 is 0. The van der Waals surface area contributed by atoms with Crippen LogP contribution in [0.3, 0.4) is 0 Å². The Hall–Kier alpha value is -2.54. The zero-order valence-electron chi connectivity index (χ0n) is 15.8. The smallest absolute Gasteiger partial charge is 0.259 e. The van der Waals surface area contributed by atoms with Crippen LogP contribution >= 0.6 is 13.5 Å². The van der Waals surface area contributed by atoms with Crippen LogP contribution in [-0.2, 0) is 14.6 Å². The Kier molecular flexibility index (Phi) is 7.67. The van der Waals surface area contributed by atoms with Crippen molar-refractivity contribution in [3.63, 3.8) is 0 Å². The van der Waals surface area contributed by atoms with Crippen LogP contribution in [0.25, 0.3) is 0 Å². The maximum Gasteiger partial charge on any atom is 0.259 e. The van der Waals surface area contributed by atoms with Gasteiger partial charge in [0, 0.05) is 12.3 Å². The first-order valence-electron chi connectivity index (χ1n) is 8.73. The quantitative estimate of drug-likeness (QED) is 0.749. The number of nitriles is 1. The predicted octanol–water partition coefficient (Wildman–Crippen LogP) is 2.74. The number of nitrogens with zero attached hydrogens (tertiary/aromatic N) is 1. The fraction of sp³-hybridized carbons (Fsp3) is 0.300. The van der Waals surface area contributed by atoms with E-state index in [2.05, 4.69) is 5.32 Å². The summed E-state index contributed by atoms with van der Waals surface area (Å²) < 4.78 is 36.0. The van der Waals surface area contributed by atoms with Gasteiger partial charge in [0.15, 0.2) is 9.84 Å². The van der Waals surface area contributed by atoms with Crippen molar-refractivity contribution in [3.05, 3.63) is 53.6 Å². The van der Waals surface area contributed by atoms with E-state index in [0.717, 1.165) is 0 Å². The molecule has 2 aromatic carbocycles. The minimum atomic E-state index is -3.57. The number of amides is 1. The SMILES string of the molecule is COc1ccc(S(=O)(=O)C[C@H]2CCOC2)cc1C(=O)Nc1cccc(C#N)c1.S. The molecule has 1 heterocycles. The normalized spacial score (nSPS) is 15.8. The van der Waals surface area contributed by atoms with Gasteiger partial charge in [-0.15, -0.1) is 0 Å². The standard InChI is InChI=1S/C20H20N2O5S.H2S/c1-26-19-6-5-17(28(24,25)13-15-7-8-27-12-15)10-18(19)20(23)22-16-4-2-3-14(9-16)11-21;/h2-6,9-10,15H,7-8,12-13H2,1H3,(H,22,23);1H2/t15-;/m0./s1. The molecule has 29 heavy (non-hydrogen) atoms. The summed E-state index contributed by atoms with van der Waals surface area (Å²) in [6, 6.07) is 12.7. The number of ether oxygens (including phenoxy) is 2. The zero-order chi connectivity index (χ0) is 20.1. The summed E-state index contributed by atoms with van der Waals surface area (Å²) in [5.41, 5.74) is 0.941. The lowest BCUT2D eigenvalue weighted by Crippen LogP contribution is -2.18. The van der Waals surface area contributed by atoms with Crippen LogP contribution in [0.1, 0.15) is 22.3 Å². The van der Waals surface area contributed by atoms with Gasteiger partial charge in [-0.1, -0.05) is 6.07 Å². The van der Waals surface area contributed by atoms with Crippen LogP contribution in [0.4, 0.5) is 5.69 Å². The van der Waals surface area contributed by atoms with Crippen LogP contribution in [0, 0.1) is 17.2 Å². The van der Waals surface area contributed by atoms with Crippen molar-refractivity contribution in [2.45, 2.75) is 11.3 Å². The molecule has 2 aromatic rings. The molecule has 1 atom stereocenters. The molecule has 0 aliphatic carbocycles. The summed E-state index contributed by atoms with van der Waals surface area (Å²) in [6.45, 7) is 0.996. The molecule has 0 unspecified atom stereocenters. The van der Waals surface area contributed by atoms with Gasteiger partial charge in [0.05, 0.1) is 41.6 Å². The molecular formula is C20H22N2O5S2. The minimum Gasteiger partial charge on any atom is -0.496 e. The van der Waals surface area contributed by atoms with Crippen molar-refractivity contribution in [2.75, 3.05) is 31.4 Å². The Bertz CT molecular complexity index is 1030. The number of sulfone groups is 1. The monoisotopic (exact) mass is 434 g/mol. The van der Waals surface area contributed by atoms with Crippen molar-refractivity contribution < 1.29 is 22.7 Å². The molecule has 1 aliphatic heterocycles. The van der Waals surface area contributed by atoms with E-state index in [9.17, 15) is 13.2 Å². The number of benzene rings is 2. The Morgan fingerprint density at radius 1 is 1.31 bits per heavy atom. The summed E-state index contributed by atoms with van der Waals surface area (Å²) in [7, 11) is -2.16. The van der Waals surface area contributed by atoms with Gasteiger partial charge in [0.2, 0.25) is 0 Å². The summed E-state index contributed by atoms with van der Waals surface area (Å²) in [6.07, 6.45) is 0.706. The lowest BCUT2D eigenvalue weighted by molar-refractivity contribution is 0.102. The van der Waals surface area contributed by atoms with Gasteiger partial charge in [-0.05, 0) is 48.7 Å². The Morgan fingerprint density at radius 2 is 2.10 bits per heavy atom. The van der Waals surface area contributed by atoms with E-state index >= 15 is 0 Å². The highest BCUT2D eigenvalue weighted by Crippen LogP contribution is 2.26. The minimum absolute atomic E-state index is 0. The number of nitrogens with one attached hydrogen (secondary N) is 1. The first-order valence-corrected chi connectivity index (χ1v) is 10.4. The van der Waals surface area contributed by atoms with Gasteiger partial charge in [0.25, 0.3) is 5.91 Å². The van der Waals surface area contributed by atoms with Gasteiger partial charge >= 0.3 is 0 Å². The molecule has 7 nitrogen and oxygen atoms in total. The number of hydrogen-bond donors (Lipinski definition) is 1. The zero-order valence-corrected chi connectivity index (χ0v) is 17.7. The molecule has 1 aliphatic rings. The van der Waals surface area contributed by atoms with Crippen LogP contribution in [0.15, 0.2) is 47.4 Å². The van der Waals surface area contributed by atoms with Crippen LogP contribution < -0.4 is 10.1 Å². The van der Waals surface area contributed by atoms with Crippen LogP contribution in [-0.4, -0.2) is 40.4 Å². The molecule has 0 saturated carbocycles. The molecule has 1 fully saturated rings. The second-order valence-electron chi connectivity index (χ2n) is 6.52. The average molecular weight is 435 g/mol. The molecular weight excluding hydrogens is 412 g/mol. The summed E-state index contributed by atoms with van der Waals surface area (Å²) in [5.74, 6) is -0.326. The number of anilines is 1. The third kappa shape index (κ3) is 5.50. The first-order chi connectivity index (χ1) is 13.4. The molecule has 0 aromatic heterocycles. The van der Waals surface area contributed by atoms with Crippen molar-refractivity contribution in [2.24, 2.45) is 5.92 Å². The highest BCUT2D eigenvalue weighted by atomic mass is 32.2. The fourth-order valence-electron chi connectivity index (χ4n) is 3.04. The van der Waals surface area contributed by atoms with Gasteiger partial charge < -0.3 is 14.8 Å². The summed E-state index contributed by atoms with van der Waals surface area (Å²) in [5, 5.41) is 11.7. The number of hydrogen-bond acceptors (Lipinski definition) is 6. The van der Waals surface area contributed by atoms with E-state index in [0.29, 0.717) is 30.9 Å². The van der Waals surface area contributed by atoms with E-state index in [1.807, 2.05) is 6.07 Å². The molecule has 1 N–H and O–H groups in total. The average Bonchev–Trinajstić information content (AvgIpc) is 3.19. The molecule has 0 spiro atoms. The number of methoxy groups -OCH3 is 1. The molecule has 9 heteroatoms. The molecule has 1 amide bonds. The van der Waals surface area contributed by atoms with E-state index < -0.39 is 15.7 Å². The largest absolute Gasteiger partial charge is 0.496 e. The van der Waals surface area contributed by atoms with Crippen molar-refractivity contribution in [3.8, 4) is 11.8 Å². The van der Waals surface area contributed by atoms with Crippen molar-refractivity contribution >= 4 is 34.9 Å². The second kappa shape index (κ2) is 9.78. The third-order valence-corrected chi connectivity index (χ3v) is 6.39. The van der Waals surface area contributed by atoms with E-state index in [4.69, 9.17) is 14.7 Å². The van der Waals surface area contributed by atoms with Gasteiger partial charge in [-0.25, -0.2) is 8.42 Å². The molecule has 3 rings (SSSR count). The highest BCUT2D eigenvalue weighted by Gasteiger charge is 2.26. The second-order valence-corrected chi connectivity index (χ2v) is 8.55. The molecule has 0 radical (unpaired) electrons. The van der Waals surface area contributed by atoms with Gasteiger partial charge in [-0.2, -0.15) is 18.8 Å².